The summed E-state index contributed by atoms with van der Waals surface area (Å²) in [7, 11) is 4.19. The number of hydrogen-bond donors (Lipinski definition) is 0. The Kier molecular flexibility index (Phi) is 7.55. The molecule has 0 aliphatic carbocycles. The molecule has 0 spiro atoms. The van der Waals surface area contributed by atoms with Gasteiger partial charge in [0.05, 0.1) is 22.1 Å². The first kappa shape index (κ1) is 31.7. The lowest BCUT2D eigenvalue weighted by Crippen LogP contribution is -1.92. The normalized spacial score (nSPS) is 11.5. The van der Waals surface area contributed by atoms with Gasteiger partial charge in [-0.3, -0.25) is 0 Å². The second-order valence-corrected chi connectivity index (χ2v) is 14.1. The lowest BCUT2D eigenvalue weighted by molar-refractivity contribution is 0.959. The van der Waals surface area contributed by atoms with Gasteiger partial charge < -0.3 is 9.13 Å². The number of aryl methyl sites for hydroxylation is 2. The van der Waals surface area contributed by atoms with Gasteiger partial charge in [-0.05, 0) is 91.7 Å². The summed E-state index contributed by atoms with van der Waals surface area (Å²) in [6, 6.07) is 65.0. The van der Waals surface area contributed by atoms with Gasteiger partial charge >= 0.3 is 0 Å². The molecule has 0 aliphatic heterocycles. The smallest absolute Gasteiger partial charge is 0.140 e. The van der Waals surface area contributed by atoms with Crippen LogP contribution in [0.4, 0.5) is 0 Å². The van der Waals surface area contributed by atoms with Crippen LogP contribution >= 0.6 is 0 Å². The van der Waals surface area contributed by atoms with Crippen molar-refractivity contribution in [2.45, 2.75) is 0 Å². The number of fused-ring (bicyclic) bond motifs is 3. The highest BCUT2D eigenvalue weighted by atomic mass is 15.1. The minimum absolute atomic E-state index is 0.962. The number of rotatable bonds is 6. The third-order valence-corrected chi connectivity index (χ3v) is 10.8. The molecular formula is C50H36N4. The molecule has 256 valence electrons. The summed E-state index contributed by atoms with van der Waals surface area (Å²) >= 11 is 0. The van der Waals surface area contributed by atoms with Gasteiger partial charge in [0.1, 0.15) is 11.6 Å². The van der Waals surface area contributed by atoms with Gasteiger partial charge in [0.2, 0.25) is 0 Å². The second kappa shape index (κ2) is 12.9. The summed E-state index contributed by atoms with van der Waals surface area (Å²) in [5.41, 5.74) is 15.9. The Morgan fingerprint density at radius 3 is 1.06 bits per heavy atom. The van der Waals surface area contributed by atoms with Crippen LogP contribution in [-0.4, -0.2) is 19.1 Å². The molecule has 0 atom stereocenters. The molecule has 0 bridgehead atoms. The van der Waals surface area contributed by atoms with E-state index in [4.69, 9.17) is 9.97 Å². The summed E-state index contributed by atoms with van der Waals surface area (Å²) in [5.74, 6) is 1.92. The van der Waals surface area contributed by atoms with Crippen LogP contribution in [0.5, 0.6) is 0 Å². The van der Waals surface area contributed by atoms with E-state index in [0.717, 1.165) is 44.8 Å². The molecule has 10 aromatic rings. The van der Waals surface area contributed by atoms with Crippen LogP contribution in [0, 0.1) is 0 Å². The van der Waals surface area contributed by atoms with Crippen molar-refractivity contribution in [2.24, 2.45) is 14.1 Å². The maximum atomic E-state index is 5.06. The first-order valence-corrected chi connectivity index (χ1v) is 18.3. The fraction of sp³-hybridized carbons (Fsp3) is 0.0400. The molecule has 54 heavy (non-hydrogen) atoms. The van der Waals surface area contributed by atoms with E-state index in [1.165, 1.54) is 55.3 Å². The molecule has 0 N–H and O–H groups in total. The van der Waals surface area contributed by atoms with Crippen molar-refractivity contribution in [1.29, 1.82) is 0 Å². The largest absolute Gasteiger partial charge is 0.327 e. The van der Waals surface area contributed by atoms with E-state index in [0.29, 0.717) is 0 Å². The van der Waals surface area contributed by atoms with Gasteiger partial charge in [0.25, 0.3) is 0 Å². The standard InChI is InChI=1S/C50H36N4/c1-53-47-27-25-42(33-9-5-3-6-10-33)31-45(47)51-49(53)38-19-13-35(14-20-38)40-23-17-37-18-24-41(30-44(37)29-40)36-15-21-39(22-16-36)50-52-46-32-43(26-28-48(46)54(50)2)34-11-7-4-8-12-34/h3-32H,1-2H3. The van der Waals surface area contributed by atoms with Gasteiger partial charge in [0, 0.05) is 25.2 Å². The highest BCUT2D eigenvalue weighted by Gasteiger charge is 2.14. The van der Waals surface area contributed by atoms with Crippen LogP contribution in [0.2, 0.25) is 0 Å². The lowest BCUT2D eigenvalue weighted by atomic mass is 9.97. The average molecular weight is 693 g/mol. The third kappa shape index (κ3) is 5.56. The number of aromatic nitrogens is 4. The predicted molar refractivity (Wildman–Crippen MR) is 225 cm³/mol. The average Bonchev–Trinajstić information content (AvgIpc) is 3.76. The molecule has 8 aromatic carbocycles. The van der Waals surface area contributed by atoms with E-state index in [9.17, 15) is 0 Å². The zero-order valence-corrected chi connectivity index (χ0v) is 30.1. The third-order valence-electron chi connectivity index (χ3n) is 10.8. The van der Waals surface area contributed by atoms with Crippen molar-refractivity contribution in [3.63, 3.8) is 0 Å². The van der Waals surface area contributed by atoms with Crippen molar-refractivity contribution >= 4 is 32.8 Å². The molecule has 0 unspecified atom stereocenters. The molecule has 0 aliphatic rings. The molecule has 0 saturated heterocycles. The van der Waals surface area contributed by atoms with Crippen molar-refractivity contribution in [3.8, 4) is 67.3 Å². The minimum Gasteiger partial charge on any atom is -0.327 e. The van der Waals surface area contributed by atoms with Crippen LogP contribution in [0.15, 0.2) is 182 Å². The van der Waals surface area contributed by atoms with Gasteiger partial charge in [-0.1, -0.05) is 146 Å². The van der Waals surface area contributed by atoms with Crippen LogP contribution in [0.1, 0.15) is 0 Å². The number of hydrogen-bond acceptors (Lipinski definition) is 2. The summed E-state index contributed by atoms with van der Waals surface area (Å²) in [4.78, 5) is 10.1. The van der Waals surface area contributed by atoms with E-state index < -0.39 is 0 Å². The van der Waals surface area contributed by atoms with Crippen LogP contribution in [0.3, 0.4) is 0 Å². The quantitative estimate of drug-likeness (QED) is 0.174. The second-order valence-electron chi connectivity index (χ2n) is 14.1. The fourth-order valence-corrected chi connectivity index (χ4v) is 7.77. The highest BCUT2D eigenvalue weighted by Crippen LogP contribution is 2.34. The van der Waals surface area contributed by atoms with E-state index in [1.54, 1.807) is 0 Å². The molecule has 2 aromatic heterocycles. The van der Waals surface area contributed by atoms with Crippen molar-refractivity contribution in [1.82, 2.24) is 19.1 Å². The molecule has 4 nitrogen and oxygen atoms in total. The molecule has 10 rings (SSSR count). The SMILES string of the molecule is Cn1c(-c2ccc(-c3ccc4ccc(-c5ccc(-c6nc7cc(-c8ccccc8)ccc7n6C)cc5)cc4c3)cc2)nc2cc(-c3ccccc3)ccc21. The van der Waals surface area contributed by atoms with E-state index in [1.807, 2.05) is 12.1 Å². The summed E-state index contributed by atoms with van der Waals surface area (Å²) < 4.78 is 4.37. The van der Waals surface area contributed by atoms with Crippen LogP contribution in [0.25, 0.3) is 100 Å². The van der Waals surface area contributed by atoms with E-state index >= 15 is 0 Å². The first-order valence-electron chi connectivity index (χ1n) is 18.3. The summed E-state index contributed by atoms with van der Waals surface area (Å²) in [5, 5.41) is 2.44. The zero-order valence-electron chi connectivity index (χ0n) is 30.1. The Hall–Kier alpha value is -7.04. The molecule has 0 amide bonds. The highest BCUT2D eigenvalue weighted by molar-refractivity contribution is 5.92. The fourth-order valence-electron chi connectivity index (χ4n) is 7.77. The van der Waals surface area contributed by atoms with Gasteiger partial charge in [0.15, 0.2) is 0 Å². The molecule has 2 heterocycles. The van der Waals surface area contributed by atoms with Crippen LogP contribution in [-0.2, 0) is 14.1 Å². The van der Waals surface area contributed by atoms with Crippen molar-refractivity contribution < 1.29 is 0 Å². The Bertz CT molecular complexity index is 2770. The Labute approximate surface area is 314 Å². The number of benzene rings is 8. The topological polar surface area (TPSA) is 35.6 Å². The van der Waals surface area contributed by atoms with E-state index in [2.05, 4.69) is 193 Å². The summed E-state index contributed by atoms with van der Waals surface area (Å²) in [6.45, 7) is 0. The molecule has 0 fully saturated rings. The molecule has 0 saturated carbocycles. The van der Waals surface area contributed by atoms with Crippen LogP contribution < -0.4 is 0 Å². The van der Waals surface area contributed by atoms with Crippen molar-refractivity contribution in [3.05, 3.63) is 182 Å². The molecular weight excluding hydrogens is 657 g/mol. The monoisotopic (exact) mass is 692 g/mol. The first-order chi connectivity index (χ1) is 26.6. The minimum atomic E-state index is 0.962. The van der Waals surface area contributed by atoms with Gasteiger partial charge in [-0.15, -0.1) is 0 Å². The Balaban J connectivity index is 0.909. The van der Waals surface area contributed by atoms with E-state index in [-0.39, 0.29) is 0 Å². The summed E-state index contributed by atoms with van der Waals surface area (Å²) in [6.07, 6.45) is 0. The Morgan fingerprint density at radius 2 is 0.630 bits per heavy atom. The number of imidazole rings is 2. The maximum absolute atomic E-state index is 5.06. The number of nitrogens with zero attached hydrogens (tertiary/aromatic N) is 4. The molecule has 0 radical (unpaired) electrons. The Morgan fingerprint density at radius 1 is 0.296 bits per heavy atom. The predicted octanol–water partition coefficient (Wildman–Crippen LogP) is 12.6. The van der Waals surface area contributed by atoms with Gasteiger partial charge in [-0.2, -0.15) is 0 Å². The maximum Gasteiger partial charge on any atom is 0.140 e. The molecule has 4 heteroatoms. The van der Waals surface area contributed by atoms with Gasteiger partial charge in [-0.25, -0.2) is 9.97 Å². The lowest BCUT2D eigenvalue weighted by Gasteiger charge is -2.09. The van der Waals surface area contributed by atoms with Crippen molar-refractivity contribution in [2.75, 3.05) is 0 Å². The zero-order chi connectivity index (χ0) is 36.2.